The maximum atomic E-state index is 14.2. The van der Waals surface area contributed by atoms with Crippen LogP contribution in [0.4, 0.5) is 8.78 Å². The van der Waals surface area contributed by atoms with Gasteiger partial charge in [-0.3, -0.25) is 0 Å². The van der Waals surface area contributed by atoms with Crippen molar-refractivity contribution < 1.29 is 26.7 Å². The maximum absolute atomic E-state index is 14.2. The molecule has 2 fully saturated rings. The molecule has 3 heterocycles. The zero-order chi connectivity index (χ0) is 23.7. The van der Waals surface area contributed by atoms with Gasteiger partial charge in [0.05, 0.1) is 41.8 Å². The number of fused-ring (bicyclic) bond motifs is 1. The van der Waals surface area contributed by atoms with E-state index in [2.05, 4.69) is 0 Å². The van der Waals surface area contributed by atoms with Crippen LogP contribution in [0.15, 0.2) is 46.5 Å². The van der Waals surface area contributed by atoms with Crippen molar-refractivity contribution in [2.75, 3.05) is 32.9 Å². The van der Waals surface area contributed by atoms with Crippen LogP contribution in [0.2, 0.25) is 0 Å². The number of nitrogens with zero attached hydrogens (tertiary/aromatic N) is 3. The first-order valence-electron chi connectivity index (χ1n) is 11.2. The summed E-state index contributed by atoms with van der Waals surface area (Å²) in [6.45, 7) is 2.66. The summed E-state index contributed by atoms with van der Waals surface area (Å²) in [5, 5.41) is 0.634. The average molecular weight is 510 g/mol. The number of morpholine rings is 1. The second kappa shape index (κ2) is 9.90. The predicted molar refractivity (Wildman–Crippen MR) is 124 cm³/mol. The Morgan fingerprint density at radius 2 is 1.91 bits per heavy atom. The van der Waals surface area contributed by atoms with E-state index in [4.69, 9.17) is 14.5 Å². The van der Waals surface area contributed by atoms with E-state index in [0.29, 0.717) is 55.7 Å². The predicted octanol–water partition coefficient (Wildman–Crippen LogP) is 3.81. The van der Waals surface area contributed by atoms with E-state index in [0.717, 1.165) is 24.4 Å². The molecule has 0 spiro atoms. The molecule has 2 aromatic carbocycles. The summed E-state index contributed by atoms with van der Waals surface area (Å²) in [4.78, 5) is 4.89. The molecule has 1 atom stereocenters. The Morgan fingerprint density at radius 3 is 2.65 bits per heavy atom. The van der Waals surface area contributed by atoms with E-state index in [1.54, 1.807) is 18.2 Å². The number of ether oxygens (including phenoxy) is 2. The van der Waals surface area contributed by atoms with Gasteiger partial charge in [-0.25, -0.2) is 22.2 Å². The van der Waals surface area contributed by atoms with Crippen LogP contribution in [-0.2, 0) is 31.8 Å². The molecule has 0 radical (unpaired) electrons. The third-order valence-corrected chi connectivity index (χ3v) is 8.99. The molecule has 1 aromatic heterocycles. The van der Waals surface area contributed by atoms with Gasteiger partial charge in [0.15, 0.2) is 5.16 Å². The Balaban J connectivity index is 1.47. The van der Waals surface area contributed by atoms with Crippen LogP contribution in [-0.4, -0.2) is 61.3 Å². The van der Waals surface area contributed by atoms with E-state index in [1.165, 1.54) is 28.2 Å². The molecule has 34 heavy (non-hydrogen) atoms. The first-order valence-corrected chi connectivity index (χ1v) is 13.6. The molecule has 0 saturated carbocycles. The normalized spacial score (nSPS) is 19.8. The molecule has 0 bridgehead atoms. The van der Waals surface area contributed by atoms with Crippen LogP contribution in [0.25, 0.3) is 11.0 Å². The van der Waals surface area contributed by atoms with E-state index in [-0.39, 0.29) is 16.8 Å². The molecule has 2 aliphatic rings. The highest BCUT2D eigenvalue weighted by molar-refractivity contribution is 7.98. The number of sulfonamides is 1. The number of thioether (sulfide) groups is 1. The number of imidazole rings is 1. The van der Waals surface area contributed by atoms with E-state index in [1.807, 2.05) is 4.57 Å². The quantitative estimate of drug-likeness (QED) is 0.451. The van der Waals surface area contributed by atoms with Gasteiger partial charge in [-0.15, -0.1) is 0 Å². The molecule has 0 amide bonds. The van der Waals surface area contributed by atoms with Gasteiger partial charge in [0.2, 0.25) is 10.0 Å². The number of hydrogen-bond donors (Lipinski definition) is 0. The molecule has 0 unspecified atom stereocenters. The lowest BCUT2D eigenvalue weighted by molar-refractivity contribution is 0.0730. The van der Waals surface area contributed by atoms with Crippen LogP contribution in [0.1, 0.15) is 18.4 Å². The molecular formula is C23H25F2N3O4S2. The molecule has 182 valence electrons. The van der Waals surface area contributed by atoms with Crippen LogP contribution >= 0.6 is 11.8 Å². The smallest absolute Gasteiger partial charge is 0.243 e. The van der Waals surface area contributed by atoms with Gasteiger partial charge in [-0.05, 0) is 42.7 Å². The fourth-order valence-corrected chi connectivity index (χ4v) is 6.68. The van der Waals surface area contributed by atoms with Crippen molar-refractivity contribution in [3.8, 4) is 0 Å². The van der Waals surface area contributed by atoms with Crippen LogP contribution < -0.4 is 0 Å². The standard InChI is InChI=1S/C23H25F2N3O4S2/c24-17-4-3-16(20(25)12-17)15-33-23-26-21-13-19(34(29,30)27-7-10-31-11-8-27)5-6-22(21)28(23)14-18-2-1-9-32-18/h3-6,12-13,18H,1-2,7-11,14-15H2/t18-/m1/s1. The lowest BCUT2D eigenvalue weighted by Gasteiger charge is -2.26. The highest BCUT2D eigenvalue weighted by atomic mass is 32.2. The first kappa shape index (κ1) is 23.7. The summed E-state index contributed by atoms with van der Waals surface area (Å²) in [5.41, 5.74) is 1.71. The molecule has 2 saturated heterocycles. The molecule has 0 N–H and O–H groups in total. The number of hydrogen-bond acceptors (Lipinski definition) is 6. The fourth-order valence-electron chi connectivity index (χ4n) is 4.24. The zero-order valence-corrected chi connectivity index (χ0v) is 20.1. The molecule has 7 nitrogen and oxygen atoms in total. The highest BCUT2D eigenvalue weighted by Gasteiger charge is 2.28. The number of rotatable bonds is 7. The van der Waals surface area contributed by atoms with Crippen molar-refractivity contribution in [1.29, 1.82) is 0 Å². The summed E-state index contributed by atoms with van der Waals surface area (Å²) in [6, 6.07) is 8.50. The Bertz CT molecular complexity index is 1290. The number of aromatic nitrogens is 2. The molecular weight excluding hydrogens is 484 g/mol. The Morgan fingerprint density at radius 1 is 1.09 bits per heavy atom. The van der Waals surface area contributed by atoms with Crippen LogP contribution in [0, 0.1) is 11.6 Å². The second-order valence-corrected chi connectivity index (χ2v) is 11.2. The summed E-state index contributed by atoms with van der Waals surface area (Å²) in [5.74, 6) is -0.959. The Hall–Kier alpha value is -2.05. The molecule has 5 rings (SSSR count). The van der Waals surface area contributed by atoms with Crippen molar-refractivity contribution in [3.05, 3.63) is 53.6 Å². The van der Waals surface area contributed by atoms with Gasteiger partial charge < -0.3 is 14.0 Å². The minimum absolute atomic E-state index is 0.0380. The largest absolute Gasteiger partial charge is 0.379 e. The van der Waals surface area contributed by atoms with Gasteiger partial charge in [-0.1, -0.05) is 17.8 Å². The van der Waals surface area contributed by atoms with Crippen molar-refractivity contribution in [3.63, 3.8) is 0 Å². The monoisotopic (exact) mass is 509 g/mol. The average Bonchev–Trinajstić information content (AvgIpc) is 3.47. The summed E-state index contributed by atoms with van der Waals surface area (Å²) < 4.78 is 68.2. The van der Waals surface area contributed by atoms with E-state index in [9.17, 15) is 17.2 Å². The lowest BCUT2D eigenvalue weighted by Crippen LogP contribution is -2.40. The van der Waals surface area contributed by atoms with Gasteiger partial charge >= 0.3 is 0 Å². The van der Waals surface area contributed by atoms with E-state index >= 15 is 0 Å². The molecule has 11 heteroatoms. The summed E-state index contributed by atoms with van der Waals surface area (Å²) in [7, 11) is -3.66. The van der Waals surface area contributed by atoms with Crippen molar-refractivity contribution in [2.24, 2.45) is 0 Å². The number of benzene rings is 2. The van der Waals surface area contributed by atoms with Gasteiger partial charge in [0.25, 0.3) is 0 Å². The van der Waals surface area contributed by atoms with Gasteiger partial charge in [0, 0.05) is 31.5 Å². The first-order chi connectivity index (χ1) is 16.4. The SMILES string of the molecule is O=S(=O)(c1ccc2c(c1)nc(SCc1ccc(F)cc1F)n2C[C@H]1CCCO1)N1CCOCC1. The van der Waals surface area contributed by atoms with Gasteiger partial charge in [0.1, 0.15) is 11.6 Å². The highest BCUT2D eigenvalue weighted by Crippen LogP contribution is 2.31. The molecule has 0 aliphatic carbocycles. The minimum Gasteiger partial charge on any atom is -0.379 e. The Kier molecular flexibility index (Phi) is 6.90. The summed E-state index contributed by atoms with van der Waals surface area (Å²) >= 11 is 1.33. The zero-order valence-electron chi connectivity index (χ0n) is 18.5. The third kappa shape index (κ3) is 4.85. The second-order valence-electron chi connectivity index (χ2n) is 8.33. The van der Waals surface area contributed by atoms with Crippen LogP contribution in [0.3, 0.4) is 0 Å². The minimum atomic E-state index is -3.66. The lowest BCUT2D eigenvalue weighted by atomic mass is 10.2. The van der Waals surface area contributed by atoms with Gasteiger partial charge in [-0.2, -0.15) is 4.31 Å². The van der Waals surface area contributed by atoms with Crippen molar-refractivity contribution in [1.82, 2.24) is 13.9 Å². The van der Waals surface area contributed by atoms with E-state index < -0.39 is 21.7 Å². The number of halogens is 2. The van der Waals surface area contributed by atoms with Crippen molar-refractivity contribution in [2.45, 2.75) is 41.3 Å². The third-order valence-electron chi connectivity index (χ3n) is 6.07. The molecule has 2 aliphatic heterocycles. The summed E-state index contributed by atoms with van der Waals surface area (Å²) in [6.07, 6.45) is 1.96. The van der Waals surface area contributed by atoms with Crippen molar-refractivity contribution >= 4 is 32.8 Å². The topological polar surface area (TPSA) is 73.7 Å². The Labute approximate surface area is 201 Å². The fraction of sp³-hybridized carbons (Fsp3) is 0.435. The van der Waals surface area contributed by atoms with Crippen LogP contribution in [0.5, 0.6) is 0 Å². The maximum Gasteiger partial charge on any atom is 0.243 e. The molecule has 3 aromatic rings.